The van der Waals surface area contributed by atoms with E-state index in [9.17, 15) is 4.79 Å². The highest BCUT2D eigenvalue weighted by atomic mass is 35.5. The van der Waals surface area contributed by atoms with E-state index in [1.54, 1.807) is 12.3 Å². The van der Waals surface area contributed by atoms with Gasteiger partial charge in [0, 0.05) is 19.2 Å². The van der Waals surface area contributed by atoms with Crippen molar-refractivity contribution in [2.24, 2.45) is 5.92 Å². The zero-order valence-electron chi connectivity index (χ0n) is 13.0. The fourth-order valence-electron chi connectivity index (χ4n) is 2.69. The molecule has 23 heavy (non-hydrogen) atoms. The van der Waals surface area contributed by atoms with Crippen molar-refractivity contribution in [1.29, 1.82) is 0 Å². The molecule has 8 heteroatoms. The monoisotopic (exact) mass is 335 g/mol. The second-order valence-electron chi connectivity index (χ2n) is 5.55. The van der Waals surface area contributed by atoms with Gasteiger partial charge in [-0.1, -0.05) is 11.6 Å². The number of methoxy groups -OCH3 is 1. The van der Waals surface area contributed by atoms with Crippen molar-refractivity contribution >= 4 is 17.5 Å². The highest BCUT2D eigenvalue weighted by Gasteiger charge is 2.26. The molecule has 0 fully saturated rings. The molecule has 3 rings (SSSR count). The molecule has 0 radical (unpaired) electrons. The fourth-order valence-corrected chi connectivity index (χ4v) is 2.96. The summed E-state index contributed by atoms with van der Waals surface area (Å²) < 4.78 is 6.84. The molecule has 3 heterocycles. The Kier molecular flexibility index (Phi) is 4.47. The first-order valence-corrected chi connectivity index (χ1v) is 7.81. The van der Waals surface area contributed by atoms with Crippen LogP contribution in [0.3, 0.4) is 0 Å². The van der Waals surface area contributed by atoms with Gasteiger partial charge in [-0.2, -0.15) is 5.10 Å². The summed E-state index contributed by atoms with van der Waals surface area (Å²) in [5.41, 5.74) is 0.831. The molecule has 0 aliphatic carbocycles. The Bertz CT molecular complexity index is 731. The predicted molar refractivity (Wildman–Crippen MR) is 84.2 cm³/mol. The number of aromatic nitrogens is 4. The summed E-state index contributed by atoms with van der Waals surface area (Å²) >= 11 is 6.03. The lowest BCUT2D eigenvalue weighted by Gasteiger charge is -2.21. The first-order chi connectivity index (χ1) is 11.1. The van der Waals surface area contributed by atoms with E-state index in [1.807, 2.05) is 11.6 Å². The van der Waals surface area contributed by atoms with Crippen LogP contribution in [0.1, 0.15) is 23.6 Å². The number of nitrogens with zero attached hydrogens (tertiary/aromatic N) is 4. The van der Waals surface area contributed by atoms with Gasteiger partial charge in [0.05, 0.1) is 19.6 Å². The van der Waals surface area contributed by atoms with Crippen LogP contribution in [0.2, 0.25) is 5.02 Å². The zero-order chi connectivity index (χ0) is 16.4. The van der Waals surface area contributed by atoms with Crippen LogP contribution in [0, 0.1) is 12.8 Å². The van der Waals surface area contributed by atoms with Gasteiger partial charge in [-0.15, -0.1) is 0 Å². The van der Waals surface area contributed by atoms with Crippen LogP contribution in [-0.4, -0.2) is 32.8 Å². The molecular formula is C15H18ClN5O2. The first kappa shape index (κ1) is 15.7. The Morgan fingerprint density at radius 3 is 3.13 bits per heavy atom. The molecule has 0 bridgehead atoms. The van der Waals surface area contributed by atoms with E-state index in [2.05, 4.69) is 20.4 Å². The second kappa shape index (κ2) is 6.54. The Balaban J connectivity index is 1.59. The molecule has 1 aliphatic rings. The Morgan fingerprint density at radius 2 is 2.39 bits per heavy atom. The Morgan fingerprint density at radius 1 is 1.57 bits per heavy atom. The van der Waals surface area contributed by atoms with Gasteiger partial charge in [0.15, 0.2) is 0 Å². The standard InChI is InChI=1S/C15H18ClN5O2/c1-9-19-13-4-3-11(8-21(13)20-9)14(22)17-6-10-5-12(16)15(23-2)18-7-10/h5,7,11H,3-4,6,8H2,1-2H3,(H,17,22). The third kappa shape index (κ3) is 3.44. The number of amides is 1. The number of carbonyl (C=O) groups is 1. The van der Waals surface area contributed by atoms with Crippen LogP contribution in [0.25, 0.3) is 0 Å². The molecule has 1 aliphatic heterocycles. The Hall–Kier alpha value is -2.15. The van der Waals surface area contributed by atoms with Gasteiger partial charge in [0.25, 0.3) is 0 Å². The molecule has 1 amide bonds. The lowest BCUT2D eigenvalue weighted by molar-refractivity contribution is -0.126. The van der Waals surface area contributed by atoms with Crippen LogP contribution >= 0.6 is 11.6 Å². The highest BCUT2D eigenvalue weighted by molar-refractivity contribution is 6.31. The second-order valence-corrected chi connectivity index (χ2v) is 5.95. The summed E-state index contributed by atoms with van der Waals surface area (Å²) in [4.78, 5) is 20.8. The largest absolute Gasteiger partial charge is 0.480 e. The lowest BCUT2D eigenvalue weighted by atomic mass is 9.99. The predicted octanol–water partition coefficient (Wildman–Crippen LogP) is 1.52. The highest BCUT2D eigenvalue weighted by Crippen LogP contribution is 2.22. The Labute approximate surface area is 139 Å². The van der Waals surface area contributed by atoms with Gasteiger partial charge in [-0.05, 0) is 25.0 Å². The molecule has 2 aromatic rings. The molecule has 1 unspecified atom stereocenters. The number of pyridine rings is 1. The molecule has 1 atom stereocenters. The summed E-state index contributed by atoms with van der Waals surface area (Å²) in [5.74, 6) is 2.00. The fraction of sp³-hybridized carbons (Fsp3) is 0.467. The molecule has 0 saturated heterocycles. The number of ether oxygens (including phenoxy) is 1. The molecular weight excluding hydrogens is 318 g/mol. The lowest BCUT2D eigenvalue weighted by Crippen LogP contribution is -2.36. The molecule has 0 spiro atoms. The number of nitrogens with one attached hydrogen (secondary N) is 1. The van der Waals surface area contributed by atoms with Crippen LogP contribution in [0.4, 0.5) is 0 Å². The SMILES string of the molecule is COc1ncc(CNC(=O)C2CCc3nc(C)nn3C2)cc1Cl. The van der Waals surface area contributed by atoms with Crippen molar-refractivity contribution in [2.75, 3.05) is 7.11 Å². The molecule has 0 saturated carbocycles. The van der Waals surface area contributed by atoms with Gasteiger partial charge >= 0.3 is 0 Å². The smallest absolute Gasteiger partial charge is 0.232 e. The summed E-state index contributed by atoms with van der Waals surface area (Å²) in [6.45, 7) is 2.82. The maximum atomic E-state index is 12.3. The van der Waals surface area contributed by atoms with E-state index in [0.717, 1.165) is 30.1 Å². The van der Waals surface area contributed by atoms with E-state index in [4.69, 9.17) is 16.3 Å². The van der Waals surface area contributed by atoms with E-state index in [1.165, 1.54) is 7.11 Å². The quantitative estimate of drug-likeness (QED) is 0.916. The van der Waals surface area contributed by atoms with Gasteiger partial charge < -0.3 is 10.1 Å². The molecule has 2 aromatic heterocycles. The van der Waals surface area contributed by atoms with E-state index in [-0.39, 0.29) is 11.8 Å². The minimum atomic E-state index is -0.0923. The van der Waals surface area contributed by atoms with Gasteiger partial charge in [-0.25, -0.2) is 14.6 Å². The van der Waals surface area contributed by atoms with Gasteiger partial charge in [-0.3, -0.25) is 4.79 Å². The summed E-state index contributed by atoms with van der Waals surface area (Å²) in [6.07, 6.45) is 3.20. The van der Waals surface area contributed by atoms with Crippen molar-refractivity contribution < 1.29 is 9.53 Å². The normalized spacial score (nSPS) is 16.7. The van der Waals surface area contributed by atoms with Crippen LogP contribution in [-0.2, 0) is 24.3 Å². The number of rotatable bonds is 4. The number of aryl methyl sites for hydroxylation is 2. The molecule has 7 nitrogen and oxygen atoms in total. The van der Waals surface area contributed by atoms with Crippen molar-refractivity contribution in [3.8, 4) is 5.88 Å². The minimum absolute atomic E-state index is 0.00995. The van der Waals surface area contributed by atoms with Gasteiger partial charge in [0.1, 0.15) is 16.7 Å². The summed E-state index contributed by atoms with van der Waals surface area (Å²) in [5, 5.41) is 7.68. The maximum absolute atomic E-state index is 12.3. The average Bonchev–Trinajstić information content (AvgIpc) is 2.91. The first-order valence-electron chi connectivity index (χ1n) is 7.43. The van der Waals surface area contributed by atoms with Crippen molar-refractivity contribution in [3.05, 3.63) is 34.5 Å². The maximum Gasteiger partial charge on any atom is 0.232 e. The third-order valence-electron chi connectivity index (χ3n) is 3.86. The third-order valence-corrected chi connectivity index (χ3v) is 4.13. The molecule has 1 N–H and O–H groups in total. The van der Waals surface area contributed by atoms with E-state index >= 15 is 0 Å². The number of fused-ring (bicyclic) bond motifs is 1. The number of hydrogen-bond acceptors (Lipinski definition) is 5. The van der Waals surface area contributed by atoms with Crippen LogP contribution < -0.4 is 10.1 Å². The van der Waals surface area contributed by atoms with Crippen LogP contribution in [0.5, 0.6) is 5.88 Å². The van der Waals surface area contributed by atoms with E-state index < -0.39 is 0 Å². The number of halogens is 1. The zero-order valence-corrected chi connectivity index (χ0v) is 13.8. The van der Waals surface area contributed by atoms with Crippen molar-refractivity contribution in [2.45, 2.75) is 32.9 Å². The average molecular weight is 336 g/mol. The minimum Gasteiger partial charge on any atom is -0.480 e. The number of carbonyl (C=O) groups excluding carboxylic acids is 1. The molecule has 122 valence electrons. The molecule has 0 aromatic carbocycles. The topological polar surface area (TPSA) is 81.9 Å². The van der Waals surface area contributed by atoms with Crippen molar-refractivity contribution in [3.63, 3.8) is 0 Å². The summed E-state index contributed by atoms with van der Waals surface area (Å²) in [7, 11) is 1.51. The number of hydrogen-bond donors (Lipinski definition) is 1. The van der Waals surface area contributed by atoms with E-state index in [0.29, 0.717) is 24.0 Å². The van der Waals surface area contributed by atoms with Crippen molar-refractivity contribution in [1.82, 2.24) is 25.1 Å². The van der Waals surface area contributed by atoms with Crippen LogP contribution in [0.15, 0.2) is 12.3 Å². The summed E-state index contributed by atoms with van der Waals surface area (Å²) in [6, 6.07) is 1.74. The van der Waals surface area contributed by atoms with Gasteiger partial charge in [0.2, 0.25) is 11.8 Å².